The summed E-state index contributed by atoms with van der Waals surface area (Å²) >= 11 is 0. The number of aromatic nitrogens is 2. The van der Waals surface area contributed by atoms with E-state index >= 15 is 4.39 Å². The quantitative estimate of drug-likeness (QED) is 0.389. The Morgan fingerprint density at radius 2 is 1.77 bits per heavy atom. The van der Waals surface area contributed by atoms with Crippen LogP contribution in [0.5, 0.6) is 0 Å². The third-order valence-corrected chi connectivity index (χ3v) is 7.82. The third kappa shape index (κ3) is 6.72. The maximum atomic E-state index is 15.7. The second kappa shape index (κ2) is 11.7. The molecule has 0 aliphatic carbocycles. The molecular weight excluding hydrogens is 571 g/mol. The standard InChI is InChI=1S/C30H33F5N6O2/c1-18-16-40(8-7-39(18)4)26-13-24(32)22(19-14-36-28(37-15-19)41-9-10-43-29(2,3)17-41)12-25(26)38-27(42)21-6-5-20(31)11-23(21)30(33,34)35/h5-6,11-15,18H,7-10,16-17H2,1-4H3,(H,38,42)/t18-/m0/s1. The normalized spacial score (nSPS) is 19.4. The van der Waals surface area contributed by atoms with Crippen LogP contribution in [0.25, 0.3) is 11.1 Å². The zero-order chi connectivity index (χ0) is 31.1. The van der Waals surface area contributed by atoms with Gasteiger partial charge in [-0.1, -0.05) is 0 Å². The van der Waals surface area contributed by atoms with E-state index in [-0.39, 0.29) is 29.0 Å². The fourth-order valence-electron chi connectivity index (χ4n) is 5.36. The molecule has 8 nitrogen and oxygen atoms in total. The number of hydrogen-bond donors (Lipinski definition) is 1. The number of hydrogen-bond acceptors (Lipinski definition) is 7. The molecular formula is C30H33F5N6O2. The monoisotopic (exact) mass is 604 g/mol. The highest BCUT2D eigenvalue weighted by molar-refractivity contribution is 6.07. The zero-order valence-electron chi connectivity index (χ0n) is 24.3. The molecule has 5 rings (SSSR count). The van der Waals surface area contributed by atoms with Gasteiger partial charge in [0.2, 0.25) is 5.95 Å². The van der Waals surface area contributed by atoms with Gasteiger partial charge in [-0.25, -0.2) is 18.7 Å². The van der Waals surface area contributed by atoms with E-state index in [0.717, 1.165) is 12.1 Å². The number of ether oxygens (including phenoxy) is 1. The molecule has 1 atom stereocenters. The lowest BCUT2D eigenvalue weighted by Crippen LogP contribution is -2.50. The molecule has 0 saturated carbocycles. The zero-order valence-corrected chi connectivity index (χ0v) is 24.3. The van der Waals surface area contributed by atoms with Crippen molar-refractivity contribution in [2.24, 2.45) is 0 Å². The van der Waals surface area contributed by atoms with Crippen LogP contribution in [-0.2, 0) is 10.9 Å². The van der Waals surface area contributed by atoms with Crippen LogP contribution in [0.1, 0.15) is 36.7 Å². The molecule has 13 heteroatoms. The number of morpholine rings is 1. The van der Waals surface area contributed by atoms with Crippen molar-refractivity contribution in [2.45, 2.75) is 38.6 Å². The number of alkyl halides is 3. The molecule has 43 heavy (non-hydrogen) atoms. The van der Waals surface area contributed by atoms with Crippen molar-refractivity contribution in [1.29, 1.82) is 0 Å². The van der Waals surface area contributed by atoms with Gasteiger partial charge in [-0.05, 0) is 58.2 Å². The third-order valence-electron chi connectivity index (χ3n) is 7.82. The largest absolute Gasteiger partial charge is 0.417 e. The minimum atomic E-state index is -4.97. The highest BCUT2D eigenvalue weighted by Gasteiger charge is 2.36. The molecule has 2 fully saturated rings. The van der Waals surface area contributed by atoms with E-state index in [4.69, 9.17) is 4.74 Å². The second-order valence-corrected chi connectivity index (χ2v) is 11.6. The van der Waals surface area contributed by atoms with Crippen molar-refractivity contribution in [3.63, 3.8) is 0 Å². The molecule has 0 radical (unpaired) electrons. The Balaban J connectivity index is 1.52. The van der Waals surface area contributed by atoms with E-state index in [2.05, 4.69) is 20.2 Å². The number of benzene rings is 2. The lowest BCUT2D eigenvalue weighted by Gasteiger charge is -2.39. The first-order valence-electron chi connectivity index (χ1n) is 13.9. The lowest BCUT2D eigenvalue weighted by molar-refractivity contribution is -0.138. The van der Waals surface area contributed by atoms with Crippen molar-refractivity contribution < 1.29 is 31.5 Å². The summed E-state index contributed by atoms with van der Waals surface area (Å²) in [4.78, 5) is 28.1. The molecule has 230 valence electrons. The number of likely N-dealkylation sites (N-methyl/N-ethyl adjacent to an activating group) is 1. The van der Waals surface area contributed by atoms with E-state index in [1.54, 1.807) is 0 Å². The van der Waals surface area contributed by atoms with Gasteiger partial charge in [0.05, 0.1) is 34.7 Å². The highest BCUT2D eigenvalue weighted by Crippen LogP contribution is 2.37. The van der Waals surface area contributed by atoms with Crippen LogP contribution in [0.3, 0.4) is 0 Å². The van der Waals surface area contributed by atoms with E-state index in [1.165, 1.54) is 24.5 Å². The molecule has 0 bridgehead atoms. The summed E-state index contributed by atoms with van der Waals surface area (Å²) in [5.74, 6) is -2.38. The number of amides is 1. The lowest BCUT2D eigenvalue weighted by atomic mass is 10.0. The van der Waals surface area contributed by atoms with Crippen molar-refractivity contribution in [2.75, 3.05) is 61.5 Å². The minimum absolute atomic E-state index is 0.0604. The molecule has 1 aromatic heterocycles. The number of anilines is 3. The van der Waals surface area contributed by atoms with Gasteiger partial charge in [-0.2, -0.15) is 13.2 Å². The number of carbonyl (C=O) groups excluding carboxylic acids is 1. The fraction of sp³-hybridized carbons (Fsp3) is 0.433. The van der Waals surface area contributed by atoms with Gasteiger partial charge in [0.15, 0.2) is 0 Å². The number of piperazine rings is 1. The van der Waals surface area contributed by atoms with E-state index in [9.17, 15) is 22.4 Å². The Morgan fingerprint density at radius 3 is 2.42 bits per heavy atom. The Kier molecular flexibility index (Phi) is 8.32. The molecule has 2 saturated heterocycles. The maximum absolute atomic E-state index is 15.7. The molecule has 2 aromatic carbocycles. The number of rotatable bonds is 5. The minimum Gasteiger partial charge on any atom is -0.372 e. The van der Waals surface area contributed by atoms with Gasteiger partial charge in [-0.15, -0.1) is 0 Å². The first-order valence-corrected chi connectivity index (χ1v) is 13.9. The maximum Gasteiger partial charge on any atom is 0.417 e. The van der Waals surface area contributed by atoms with Crippen molar-refractivity contribution >= 4 is 23.2 Å². The average Bonchev–Trinajstić information content (AvgIpc) is 2.94. The Morgan fingerprint density at radius 1 is 1.05 bits per heavy atom. The van der Waals surface area contributed by atoms with Crippen molar-refractivity contribution in [3.8, 4) is 11.1 Å². The number of carbonyl (C=O) groups is 1. The van der Waals surface area contributed by atoms with Crippen LogP contribution >= 0.6 is 0 Å². The first kappa shape index (κ1) is 30.6. The molecule has 2 aliphatic rings. The van der Waals surface area contributed by atoms with Crippen LogP contribution in [-0.4, -0.2) is 78.8 Å². The van der Waals surface area contributed by atoms with Crippen LogP contribution in [0.15, 0.2) is 42.7 Å². The van der Waals surface area contributed by atoms with E-state index in [0.29, 0.717) is 56.5 Å². The molecule has 0 spiro atoms. The number of nitrogens with zero attached hydrogens (tertiary/aromatic N) is 5. The average molecular weight is 605 g/mol. The molecule has 1 amide bonds. The molecule has 0 unspecified atom stereocenters. The Bertz CT molecular complexity index is 1500. The predicted molar refractivity (Wildman–Crippen MR) is 153 cm³/mol. The van der Waals surface area contributed by atoms with Crippen LogP contribution < -0.4 is 15.1 Å². The second-order valence-electron chi connectivity index (χ2n) is 11.6. The first-order chi connectivity index (χ1) is 20.2. The summed E-state index contributed by atoms with van der Waals surface area (Å²) in [7, 11) is 1.96. The van der Waals surface area contributed by atoms with Gasteiger partial charge in [0.25, 0.3) is 5.91 Å². The molecule has 1 N–H and O–H groups in total. The van der Waals surface area contributed by atoms with Gasteiger partial charge < -0.3 is 24.8 Å². The summed E-state index contributed by atoms with van der Waals surface area (Å²) in [6.07, 6.45) is -2.03. The summed E-state index contributed by atoms with van der Waals surface area (Å²) < 4.78 is 76.2. The van der Waals surface area contributed by atoms with Crippen LogP contribution in [0.2, 0.25) is 0 Å². The number of halogens is 5. The van der Waals surface area contributed by atoms with Gasteiger partial charge in [0, 0.05) is 62.3 Å². The van der Waals surface area contributed by atoms with Gasteiger partial charge in [-0.3, -0.25) is 4.79 Å². The van der Waals surface area contributed by atoms with Crippen LogP contribution in [0.4, 0.5) is 39.3 Å². The van der Waals surface area contributed by atoms with Crippen molar-refractivity contribution in [1.82, 2.24) is 14.9 Å². The Hall–Kier alpha value is -3.84. The van der Waals surface area contributed by atoms with Gasteiger partial charge >= 0.3 is 6.18 Å². The summed E-state index contributed by atoms with van der Waals surface area (Å²) in [6.45, 7) is 9.24. The van der Waals surface area contributed by atoms with Crippen LogP contribution in [0, 0.1) is 11.6 Å². The summed E-state index contributed by atoms with van der Waals surface area (Å²) in [5, 5.41) is 2.55. The fourth-order valence-corrected chi connectivity index (χ4v) is 5.36. The molecule has 3 heterocycles. The summed E-state index contributed by atoms with van der Waals surface area (Å²) in [6, 6.07) is 4.59. The van der Waals surface area contributed by atoms with E-state index in [1.807, 2.05) is 37.6 Å². The highest BCUT2D eigenvalue weighted by atomic mass is 19.4. The van der Waals surface area contributed by atoms with Gasteiger partial charge in [0.1, 0.15) is 11.6 Å². The van der Waals surface area contributed by atoms with E-state index < -0.39 is 34.8 Å². The smallest absolute Gasteiger partial charge is 0.372 e. The molecule has 3 aromatic rings. The summed E-state index contributed by atoms with van der Waals surface area (Å²) in [5.41, 5.74) is -1.73. The molecule has 2 aliphatic heterocycles. The topological polar surface area (TPSA) is 73.8 Å². The predicted octanol–water partition coefficient (Wildman–Crippen LogP) is 5.45. The Labute approximate surface area is 246 Å². The SMILES string of the molecule is C[C@H]1CN(c2cc(F)c(-c3cnc(N4CCOC(C)(C)C4)nc3)cc2NC(=O)c2ccc(F)cc2C(F)(F)F)CCN1C. The van der Waals surface area contributed by atoms with Crippen molar-refractivity contribution in [3.05, 3.63) is 65.5 Å². The number of nitrogens with one attached hydrogen (secondary N) is 1.